The maximum atomic E-state index is 9.19. The van der Waals surface area contributed by atoms with E-state index in [0.29, 0.717) is 25.5 Å². The molecule has 0 aliphatic rings. The molecule has 18 heavy (non-hydrogen) atoms. The number of nitrogens with zero attached hydrogens (tertiary/aromatic N) is 1. The van der Waals surface area contributed by atoms with Crippen LogP contribution in [0, 0.1) is 11.3 Å². The molecule has 0 fully saturated rings. The van der Waals surface area contributed by atoms with Crippen molar-refractivity contribution in [1.29, 1.82) is 5.26 Å². The van der Waals surface area contributed by atoms with Crippen LogP contribution in [0.3, 0.4) is 0 Å². The predicted molar refractivity (Wildman–Crippen MR) is 77.3 cm³/mol. The molecule has 0 spiro atoms. The lowest BCUT2D eigenvalue weighted by molar-refractivity contribution is 0.546. The van der Waals surface area contributed by atoms with Gasteiger partial charge in [-0.15, -0.1) is 0 Å². The summed E-state index contributed by atoms with van der Waals surface area (Å²) in [5.74, 6) is 0.263. The first-order valence-corrected chi connectivity index (χ1v) is 6.83. The average molecular weight is 347 g/mol. The first kappa shape index (κ1) is 13.7. The summed E-state index contributed by atoms with van der Waals surface area (Å²) in [5.41, 5.74) is 0.990. The van der Waals surface area contributed by atoms with Gasteiger partial charge in [0.15, 0.2) is 5.58 Å². The largest absolute Gasteiger partial charge is 0.444 e. The Morgan fingerprint density at radius 2 is 1.94 bits per heavy atom. The first-order valence-electron chi connectivity index (χ1n) is 5.28. The normalized spacial score (nSPS) is 11.8. The van der Waals surface area contributed by atoms with E-state index in [9.17, 15) is 5.26 Å². The minimum atomic E-state index is -0.260. The third-order valence-corrected chi connectivity index (χ3v) is 4.19. The van der Waals surface area contributed by atoms with E-state index >= 15 is 0 Å². The molecule has 0 amide bonds. The van der Waals surface area contributed by atoms with Crippen LogP contribution in [0.5, 0.6) is 0 Å². The lowest BCUT2D eigenvalue weighted by Gasteiger charge is -2.18. The van der Waals surface area contributed by atoms with Crippen molar-refractivity contribution in [1.82, 2.24) is 0 Å². The van der Waals surface area contributed by atoms with Gasteiger partial charge in [-0.05, 0) is 27.4 Å². The van der Waals surface area contributed by atoms with Crippen molar-refractivity contribution in [3.05, 3.63) is 31.9 Å². The van der Waals surface area contributed by atoms with Gasteiger partial charge >= 0.3 is 0 Å². The number of hydrogen-bond donors (Lipinski definition) is 0. The van der Waals surface area contributed by atoms with Crippen molar-refractivity contribution in [3.63, 3.8) is 0 Å². The molecule has 2 rings (SSSR count). The van der Waals surface area contributed by atoms with Gasteiger partial charge in [0, 0.05) is 15.4 Å². The monoisotopic (exact) mass is 345 g/mol. The van der Waals surface area contributed by atoms with Crippen LogP contribution < -0.4 is 0 Å². The highest BCUT2D eigenvalue weighted by atomic mass is 79.9. The lowest BCUT2D eigenvalue weighted by Crippen LogP contribution is -2.12. The Labute approximate surface area is 124 Å². The molecular weight excluding hydrogens is 337 g/mol. The summed E-state index contributed by atoms with van der Waals surface area (Å²) < 4.78 is 6.24. The van der Waals surface area contributed by atoms with Crippen LogP contribution in [0.1, 0.15) is 32.1 Å². The molecule has 0 aliphatic carbocycles. The van der Waals surface area contributed by atoms with Gasteiger partial charge in [-0.25, -0.2) is 0 Å². The summed E-state index contributed by atoms with van der Waals surface area (Å²) in [5, 5.41) is 10.9. The Morgan fingerprint density at radius 1 is 1.33 bits per heavy atom. The Bertz CT molecular complexity index is 677. The van der Waals surface area contributed by atoms with Gasteiger partial charge < -0.3 is 4.42 Å². The van der Waals surface area contributed by atoms with Crippen LogP contribution >= 0.6 is 39.1 Å². The van der Waals surface area contributed by atoms with Gasteiger partial charge in [0.1, 0.15) is 6.07 Å². The second-order valence-electron chi connectivity index (χ2n) is 5.03. The number of benzene rings is 1. The number of halogens is 3. The van der Waals surface area contributed by atoms with Gasteiger partial charge in [0.2, 0.25) is 5.76 Å². The van der Waals surface area contributed by atoms with E-state index in [4.69, 9.17) is 27.6 Å². The fourth-order valence-electron chi connectivity index (χ4n) is 1.96. The van der Waals surface area contributed by atoms with Crippen LogP contribution in [0.15, 0.2) is 15.0 Å². The Hall–Kier alpha value is -0.690. The first-order chi connectivity index (χ1) is 8.27. The molecule has 0 radical (unpaired) electrons. The molecular formula is C13H10BrCl2NO. The number of furan rings is 1. The molecule has 0 unspecified atom stereocenters. The maximum absolute atomic E-state index is 9.19. The van der Waals surface area contributed by atoms with Crippen molar-refractivity contribution >= 4 is 50.1 Å². The highest BCUT2D eigenvalue weighted by molar-refractivity contribution is 9.10. The summed E-state index contributed by atoms with van der Waals surface area (Å²) in [4.78, 5) is 0. The molecule has 2 nitrogen and oxygen atoms in total. The van der Waals surface area contributed by atoms with Crippen molar-refractivity contribution in [2.45, 2.75) is 26.2 Å². The van der Waals surface area contributed by atoms with E-state index in [1.54, 1.807) is 6.07 Å². The molecule has 94 valence electrons. The van der Waals surface area contributed by atoms with E-state index in [1.807, 2.05) is 20.8 Å². The molecule has 0 bridgehead atoms. The maximum Gasteiger partial charge on any atom is 0.208 e. The van der Waals surface area contributed by atoms with E-state index < -0.39 is 0 Å². The Balaban J connectivity index is 3.05. The summed E-state index contributed by atoms with van der Waals surface area (Å²) in [7, 11) is 0. The molecule has 2 aromatic rings. The Kier molecular flexibility index (Phi) is 3.40. The summed E-state index contributed by atoms with van der Waals surface area (Å²) >= 11 is 15.8. The van der Waals surface area contributed by atoms with Gasteiger partial charge in [-0.3, -0.25) is 0 Å². The minimum Gasteiger partial charge on any atom is -0.444 e. The SMILES string of the molecule is CC(C)(C)c1c(C#N)oc2c(Cl)cc(Br)c(Cl)c12. The lowest BCUT2D eigenvalue weighted by atomic mass is 9.85. The molecule has 0 N–H and O–H groups in total. The number of hydrogen-bond acceptors (Lipinski definition) is 2. The van der Waals surface area contributed by atoms with E-state index in [0.717, 1.165) is 5.56 Å². The van der Waals surface area contributed by atoms with Crippen LogP contribution in [-0.4, -0.2) is 0 Å². The molecule has 1 heterocycles. The van der Waals surface area contributed by atoms with Crippen molar-refractivity contribution in [3.8, 4) is 6.07 Å². The fraction of sp³-hybridized carbons (Fsp3) is 0.308. The topological polar surface area (TPSA) is 36.9 Å². The zero-order valence-corrected chi connectivity index (χ0v) is 13.2. The number of nitriles is 1. The van der Waals surface area contributed by atoms with Crippen LogP contribution in [0.25, 0.3) is 11.0 Å². The molecule has 1 aromatic carbocycles. The minimum absolute atomic E-state index is 0.260. The van der Waals surface area contributed by atoms with E-state index in [2.05, 4.69) is 22.0 Å². The summed E-state index contributed by atoms with van der Waals surface area (Å²) in [6, 6.07) is 3.74. The average Bonchev–Trinajstić information content (AvgIpc) is 2.65. The quantitative estimate of drug-likeness (QED) is 0.576. The molecule has 1 aromatic heterocycles. The van der Waals surface area contributed by atoms with Crippen molar-refractivity contribution in [2.24, 2.45) is 0 Å². The molecule has 0 atom stereocenters. The second kappa shape index (κ2) is 4.45. The third kappa shape index (κ3) is 2.03. The van der Waals surface area contributed by atoms with Gasteiger partial charge in [-0.1, -0.05) is 44.0 Å². The number of rotatable bonds is 0. The molecule has 0 saturated carbocycles. The highest BCUT2D eigenvalue weighted by Gasteiger charge is 2.28. The zero-order valence-electron chi connectivity index (χ0n) is 10.1. The number of fused-ring (bicyclic) bond motifs is 1. The van der Waals surface area contributed by atoms with Gasteiger partial charge in [0.25, 0.3) is 0 Å². The van der Waals surface area contributed by atoms with Crippen LogP contribution in [0.4, 0.5) is 0 Å². The highest BCUT2D eigenvalue weighted by Crippen LogP contribution is 2.44. The van der Waals surface area contributed by atoms with Gasteiger partial charge in [0.05, 0.1) is 10.0 Å². The summed E-state index contributed by atoms with van der Waals surface area (Å²) in [6.07, 6.45) is 0. The van der Waals surface area contributed by atoms with Crippen LogP contribution in [0.2, 0.25) is 10.0 Å². The molecule has 0 aliphatic heterocycles. The van der Waals surface area contributed by atoms with E-state index in [1.165, 1.54) is 0 Å². The Morgan fingerprint density at radius 3 is 2.44 bits per heavy atom. The fourth-order valence-corrected chi connectivity index (χ4v) is 3.00. The van der Waals surface area contributed by atoms with Gasteiger partial charge in [-0.2, -0.15) is 5.26 Å². The molecule has 0 saturated heterocycles. The standard InChI is InChI=1S/C13H10BrCl2NO/c1-13(2,3)10-8(5-17)18-12-7(15)4-6(14)11(16)9(10)12/h4H,1-3H3. The van der Waals surface area contributed by atoms with Crippen LogP contribution in [-0.2, 0) is 5.41 Å². The van der Waals surface area contributed by atoms with Crippen molar-refractivity contribution < 1.29 is 4.42 Å². The zero-order chi connectivity index (χ0) is 13.7. The summed E-state index contributed by atoms with van der Waals surface area (Å²) in [6.45, 7) is 6.01. The van der Waals surface area contributed by atoms with E-state index in [-0.39, 0.29) is 11.2 Å². The molecule has 5 heteroatoms. The second-order valence-corrected chi connectivity index (χ2v) is 6.67. The predicted octanol–water partition coefficient (Wildman–Crippen LogP) is 5.67. The van der Waals surface area contributed by atoms with Crippen molar-refractivity contribution in [2.75, 3.05) is 0 Å². The third-order valence-electron chi connectivity index (χ3n) is 2.66. The smallest absolute Gasteiger partial charge is 0.208 e.